The second kappa shape index (κ2) is 7.18. The molecule has 0 saturated heterocycles. The van der Waals surface area contributed by atoms with Crippen molar-refractivity contribution >= 4 is 17.7 Å². The number of hydrogen-bond donors (Lipinski definition) is 1. The van der Waals surface area contributed by atoms with Crippen molar-refractivity contribution in [3.8, 4) is 22.8 Å². The van der Waals surface area contributed by atoms with Gasteiger partial charge in [-0.1, -0.05) is 42.1 Å². The molecule has 7 heteroatoms. The van der Waals surface area contributed by atoms with Crippen molar-refractivity contribution in [1.82, 2.24) is 14.8 Å². The summed E-state index contributed by atoms with van der Waals surface area (Å²) in [6.45, 7) is 0. The Kier molecular flexibility index (Phi) is 4.81. The zero-order chi connectivity index (χ0) is 16.9. The number of carbonyl (C=O) groups is 1. The lowest BCUT2D eigenvalue weighted by molar-refractivity contribution is -0.115. The molecule has 1 aromatic heterocycles. The average molecular weight is 340 g/mol. The number of rotatable bonds is 6. The quantitative estimate of drug-likeness (QED) is 0.697. The molecule has 2 N–H and O–H groups in total. The first kappa shape index (κ1) is 16.1. The highest BCUT2D eigenvalue weighted by Gasteiger charge is 2.16. The Morgan fingerprint density at radius 2 is 1.83 bits per heavy atom. The monoisotopic (exact) mass is 340 g/mol. The minimum absolute atomic E-state index is 0.142. The van der Waals surface area contributed by atoms with E-state index in [0.29, 0.717) is 11.0 Å². The van der Waals surface area contributed by atoms with E-state index in [9.17, 15) is 4.79 Å². The molecule has 0 fully saturated rings. The van der Waals surface area contributed by atoms with Crippen molar-refractivity contribution in [2.75, 3.05) is 12.9 Å². The second-order valence-electron chi connectivity index (χ2n) is 4.96. The maximum Gasteiger partial charge on any atom is 0.227 e. The molecule has 0 aliphatic rings. The third-order valence-electron chi connectivity index (χ3n) is 3.34. The van der Waals surface area contributed by atoms with Crippen molar-refractivity contribution in [2.24, 2.45) is 5.73 Å². The third-order valence-corrected chi connectivity index (χ3v) is 4.29. The molecule has 3 rings (SSSR count). The number of ether oxygens (including phenoxy) is 1. The Balaban J connectivity index is 2.08. The SMILES string of the molecule is COc1ccc(-n2c(SCC(N)=O)nnc2-c2ccccc2)cc1. The van der Waals surface area contributed by atoms with E-state index in [1.807, 2.05) is 59.2 Å². The van der Waals surface area contributed by atoms with Gasteiger partial charge in [0.05, 0.1) is 12.9 Å². The van der Waals surface area contributed by atoms with Crippen molar-refractivity contribution in [3.05, 3.63) is 54.6 Å². The van der Waals surface area contributed by atoms with Crippen LogP contribution in [0.3, 0.4) is 0 Å². The maximum absolute atomic E-state index is 11.1. The van der Waals surface area contributed by atoms with Crippen molar-refractivity contribution in [3.63, 3.8) is 0 Å². The number of amides is 1. The zero-order valence-corrected chi connectivity index (χ0v) is 13.9. The Morgan fingerprint density at radius 3 is 2.46 bits per heavy atom. The van der Waals surface area contributed by atoms with Gasteiger partial charge in [-0.05, 0) is 24.3 Å². The van der Waals surface area contributed by atoms with E-state index in [2.05, 4.69) is 10.2 Å². The summed E-state index contributed by atoms with van der Waals surface area (Å²) in [7, 11) is 1.62. The van der Waals surface area contributed by atoms with Crippen LogP contribution in [0.1, 0.15) is 0 Å². The van der Waals surface area contributed by atoms with E-state index in [1.165, 1.54) is 11.8 Å². The number of benzene rings is 2. The van der Waals surface area contributed by atoms with E-state index < -0.39 is 5.91 Å². The molecule has 1 amide bonds. The molecule has 0 unspecified atom stereocenters. The standard InChI is InChI=1S/C17H16N4O2S/c1-23-14-9-7-13(8-10-14)21-16(12-5-3-2-4-6-12)19-20-17(21)24-11-15(18)22/h2-10H,11H2,1H3,(H2,18,22). The summed E-state index contributed by atoms with van der Waals surface area (Å²) in [5, 5.41) is 9.12. The first-order chi connectivity index (χ1) is 11.7. The Hall–Kier alpha value is -2.80. The lowest BCUT2D eigenvalue weighted by Gasteiger charge is -2.10. The molecule has 3 aromatic rings. The number of nitrogens with zero attached hydrogens (tertiary/aromatic N) is 3. The highest BCUT2D eigenvalue weighted by molar-refractivity contribution is 7.99. The van der Waals surface area contributed by atoms with Crippen LogP contribution in [-0.2, 0) is 4.79 Å². The molecule has 0 aliphatic heterocycles. The molecule has 24 heavy (non-hydrogen) atoms. The van der Waals surface area contributed by atoms with E-state index in [0.717, 1.165) is 17.0 Å². The van der Waals surface area contributed by atoms with Gasteiger partial charge in [0.1, 0.15) is 5.75 Å². The van der Waals surface area contributed by atoms with Crippen LogP contribution in [0, 0.1) is 0 Å². The fraction of sp³-hybridized carbons (Fsp3) is 0.118. The van der Waals surface area contributed by atoms with Crippen LogP contribution < -0.4 is 10.5 Å². The summed E-state index contributed by atoms with van der Waals surface area (Å²) in [6, 6.07) is 17.3. The number of carbonyl (C=O) groups excluding carboxylic acids is 1. The normalized spacial score (nSPS) is 10.5. The molecule has 1 heterocycles. The van der Waals surface area contributed by atoms with Gasteiger partial charge in [-0.25, -0.2) is 0 Å². The van der Waals surface area contributed by atoms with E-state index in [4.69, 9.17) is 10.5 Å². The molecule has 0 bridgehead atoms. The number of hydrogen-bond acceptors (Lipinski definition) is 5. The number of nitrogens with two attached hydrogens (primary N) is 1. The van der Waals surface area contributed by atoms with Gasteiger partial charge in [0, 0.05) is 11.3 Å². The molecule has 0 aliphatic carbocycles. The van der Waals surface area contributed by atoms with Crippen LogP contribution >= 0.6 is 11.8 Å². The third kappa shape index (κ3) is 3.41. The topological polar surface area (TPSA) is 83.0 Å². The summed E-state index contributed by atoms with van der Waals surface area (Å²) < 4.78 is 7.11. The summed E-state index contributed by atoms with van der Waals surface area (Å²) in [5.74, 6) is 1.21. The second-order valence-corrected chi connectivity index (χ2v) is 5.90. The van der Waals surface area contributed by atoms with Gasteiger partial charge in [-0.15, -0.1) is 10.2 Å². The summed E-state index contributed by atoms with van der Waals surface area (Å²) >= 11 is 1.26. The number of thioether (sulfide) groups is 1. The molecule has 2 aromatic carbocycles. The van der Waals surface area contributed by atoms with Gasteiger partial charge < -0.3 is 10.5 Å². The highest BCUT2D eigenvalue weighted by Crippen LogP contribution is 2.28. The van der Waals surface area contributed by atoms with Gasteiger partial charge in [0.25, 0.3) is 0 Å². The molecule has 0 saturated carbocycles. The maximum atomic E-state index is 11.1. The Bertz CT molecular complexity index is 832. The molecule has 6 nitrogen and oxygen atoms in total. The average Bonchev–Trinajstić information content (AvgIpc) is 3.04. The van der Waals surface area contributed by atoms with Crippen molar-refractivity contribution in [2.45, 2.75) is 5.16 Å². The molecule has 0 radical (unpaired) electrons. The smallest absolute Gasteiger partial charge is 0.227 e. The summed E-state index contributed by atoms with van der Waals surface area (Å²) in [4.78, 5) is 11.1. The van der Waals surface area contributed by atoms with Crippen LogP contribution in [-0.4, -0.2) is 33.5 Å². The predicted molar refractivity (Wildman–Crippen MR) is 93.3 cm³/mol. The fourth-order valence-corrected chi connectivity index (χ4v) is 2.93. The molecular weight excluding hydrogens is 324 g/mol. The fourth-order valence-electron chi connectivity index (χ4n) is 2.24. The van der Waals surface area contributed by atoms with Crippen LogP contribution in [0.5, 0.6) is 5.75 Å². The van der Waals surface area contributed by atoms with Gasteiger partial charge in [-0.2, -0.15) is 0 Å². The van der Waals surface area contributed by atoms with Crippen molar-refractivity contribution < 1.29 is 9.53 Å². The molecule has 0 spiro atoms. The number of aromatic nitrogens is 3. The molecular formula is C17H16N4O2S. The van der Waals surface area contributed by atoms with E-state index in [1.54, 1.807) is 7.11 Å². The van der Waals surface area contributed by atoms with Gasteiger partial charge in [-0.3, -0.25) is 9.36 Å². The number of methoxy groups -OCH3 is 1. The largest absolute Gasteiger partial charge is 0.497 e. The van der Waals surface area contributed by atoms with Crippen LogP contribution in [0.2, 0.25) is 0 Å². The highest BCUT2D eigenvalue weighted by atomic mass is 32.2. The minimum Gasteiger partial charge on any atom is -0.497 e. The number of primary amides is 1. The van der Waals surface area contributed by atoms with E-state index >= 15 is 0 Å². The first-order valence-corrected chi connectivity index (χ1v) is 8.24. The summed E-state index contributed by atoms with van der Waals surface area (Å²) in [6.07, 6.45) is 0. The minimum atomic E-state index is -0.398. The van der Waals surface area contributed by atoms with Crippen LogP contribution in [0.4, 0.5) is 0 Å². The predicted octanol–water partition coefficient (Wildman–Crippen LogP) is 2.52. The first-order valence-electron chi connectivity index (χ1n) is 7.25. The molecule has 122 valence electrons. The van der Waals surface area contributed by atoms with Gasteiger partial charge in [0.2, 0.25) is 5.91 Å². The molecule has 0 atom stereocenters. The summed E-state index contributed by atoms with van der Waals surface area (Å²) in [5.41, 5.74) is 7.07. The van der Waals surface area contributed by atoms with Crippen LogP contribution in [0.15, 0.2) is 59.8 Å². The Labute approximate surface area is 143 Å². The Morgan fingerprint density at radius 1 is 1.12 bits per heavy atom. The lowest BCUT2D eigenvalue weighted by Crippen LogP contribution is -2.13. The van der Waals surface area contributed by atoms with Crippen molar-refractivity contribution in [1.29, 1.82) is 0 Å². The van der Waals surface area contributed by atoms with Gasteiger partial charge >= 0.3 is 0 Å². The lowest BCUT2D eigenvalue weighted by atomic mass is 10.2. The van der Waals surface area contributed by atoms with Gasteiger partial charge in [0.15, 0.2) is 11.0 Å². The van der Waals surface area contributed by atoms with E-state index in [-0.39, 0.29) is 5.75 Å². The van der Waals surface area contributed by atoms with Crippen LogP contribution in [0.25, 0.3) is 17.1 Å². The zero-order valence-electron chi connectivity index (χ0n) is 13.0.